The van der Waals surface area contributed by atoms with Crippen LogP contribution >= 0.6 is 0 Å². The Bertz CT molecular complexity index is 1250. The fourth-order valence-electron chi connectivity index (χ4n) is 6.14. The van der Waals surface area contributed by atoms with Crippen molar-refractivity contribution in [2.75, 3.05) is 19.8 Å². The summed E-state index contributed by atoms with van der Waals surface area (Å²) in [4.78, 5) is 16.0. The number of ether oxygens (including phenoxy) is 2. The van der Waals surface area contributed by atoms with Gasteiger partial charge in [0.1, 0.15) is 0 Å². The maximum atomic E-state index is 13.6. The molecule has 4 nitrogen and oxygen atoms in total. The average Bonchev–Trinajstić information content (AvgIpc) is 3.06. The van der Waals surface area contributed by atoms with E-state index in [1.807, 2.05) is 0 Å². The van der Waals surface area contributed by atoms with Crippen molar-refractivity contribution >= 4 is 11.5 Å². The molecule has 6 rings (SSSR count). The summed E-state index contributed by atoms with van der Waals surface area (Å²) >= 11 is 0. The second-order valence-electron chi connectivity index (χ2n) is 11.6. The Morgan fingerprint density at radius 3 is 2.43 bits per heavy atom. The molecule has 35 heavy (non-hydrogen) atoms. The van der Waals surface area contributed by atoms with Gasteiger partial charge in [-0.3, -0.25) is 4.79 Å². The van der Waals surface area contributed by atoms with Crippen LogP contribution in [-0.2, 0) is 11.2 Å². The molecule has 1 aliphatic carbocycles. The lowest BCUT2D eigenvalue weighted by Crippen LogP contribution is -2.40. The number of rotatable bonds is 2. The molecule has 2 aromatic carbocycles. The van der Waals surface area contributed by atoms with Gasteiger partial charge in [-0.2, -0.15) is 0 Å². The van der Waals surface area contributed by atoms with Crippen LogP contribution in [0.2, 0.25) is 0 Å². The fourth-order valence-corrected chi connectivity index (χ4v) is 6.14. The second kappa shape index (κ2) is 8.29. The highest BCUT2D eigenvalue weighted by molar-refractivity contribution is 6.01. The molecule has 182 valence electrons. The maximum absolute atomic E-state index is 13.6. The minimum atomic E-state index is -0.0323. The van der Waals surface area contributed by atoms with E-state index in [0.717, 1.165) is 42.9 Å². The van der Waals surface area contributed by atoms with Gasteiger partial charge in [0.2, 0.25) is 0 Å². The van der Waals surface area contributed by atoms with Gasteiger partial charge in [-0.05, 0) is 59.1 Å². The van der Waals surface area contributed by atoms with E-state index in [1.165, 1.54) is 33.6 Å². The monoisotopic (exact) mass is 469 g/mol. The number of benzene rings is 2. The lowest BCUT2D eigenvalue weighted by Gasteiger charge is -2.46. The molecule has 0 radical (unpaired) electrons. The van der Waals surface area contributed by atoms with Gasteiger partial charge in [-0.1, -0.05) is 52.0 Å². The highest BCUT2D eigenvalue weighted by Gasteiger charge is 2.42. The Kier molecular flexibility index (Phi) is 5.32. The van der Waals surface area contributed by atoms with Crippen LogP contribution in [0.15, 0.2) is 53.7 Å². The SMILES string of the molecule is CC(C)c1ccc([C@@H]2C=C3c4cc5c(cc4CCN3C3=C2C(=O)CC(C)(C)C3)OCCCO5)cc1. The van der Waals surface area contributed by atoms with Crippen molar-refractivity contribution < 1.29 is 14.3 Å². The van der Waals surface area contributed by atoms with E-state index in [4.69, 9.17) is 9.47 Å². The van der Waals surface area contributed by atoms with Crippen molar-refractivity contribution in [3.8, 4) is 11.5 Å². The molecule has 0 saturated carbocycles. The minimum absolute atomic E-state index is 0.0250. The molecular weight excluding hydrogens is 434 g/mol. The number of Topliss-reactive ketones (excluding diaryl/α,β-unsaturated/α-hetero) is 1. The third-order valence-electron chi connectivity index (χ3n) is 7.96. The van der Waals surface area contributed by atoms with Gasteiger partial charge in [0.15, 0.2) is 17.3 Å². The summed E-state index contributed by atoms with van der Waals surface area (Å²) in [5, 5.41) is 0. The summed E-state index contributed by atoms with van der Waals surface area (Å²) in [5.74, 6) is 2.46. The molecule has 3 heterocycles. The van der Waals surface area contributed by atoms with Crippen LogP contribution in [0.5, 0.6) is 11.5 Å². The first-order chi connectivity index (χ1) is 16.8. The zero-order valence-electron chi connectivity index (χ0n) is 21.3. The molecule has 0 bridgehead atoms. The number of carbonyl (C=O) groups is 1. The highest BCUT2D eigenvalue weighted by Crippen LogP contribution is 2.51. The molecule has 0 saturated heterocycles. The van der Waals surface area contributed by atoms with Gasteiger partial charge in [0.05, 0.1) is 13.2 Å². The van der Waals surface area contributed by atoms with Crippen LogP contribution < -0.4 is 9.47 Å². The van der Waals surface area contributed by atoms with Gasteiger partial charge in [-0.15, -0.1) is 0 Å². The molecular formula is C31H35NO3. The summed E-state index contributed by atoms with van der Waals surface area (Å²) < 4.78 is 12.0. The quantitative estimate of drug-likeness (QED) is 0.496. The highest BCUT2D eigenvalue weighted by atomic mass is 16.5. The van der Waals surface area contributed by atoms with Crippen molar-refractivity contribution in [2.24, 2.45) is 5.41 Å². The number of nitrogens with zero attached hydrogens (tertiary/aromatic N) is 1. The molecule has 3 aliphatic heterocycles. The molecule has 0 amide bonds. The van der Waals surface area contributed by atoms with Crippen LogP contribution in [0.3, 0.4) is 0 Å². The van der Waals surface area contributed by atoms with Crippen molar-refractivity contribution in [2.45, 2.75) is 65.2 Å². The topological polar surface area (TPSA) is 38.8 Å². The Morgan fingerprint density at radius 2 is 1.71 bits per heavy atom. The van der Waals surface area contributed by atoms with Crippen molar-refractivity contribution in [3.63, 3.8) is 0 Å². The zero-order chi connectivity index (χ0) is 24.3. The molecule has 4 heteroatoms. The van der Waals surface area contributed by atoms with Crippen LogP contribution in [-0.4, -0.2) is 30.4 Å². The summed E-state index contributed by atoms with van der Waals surface area (Å²) in [6.07, 6.45) is 5.70. The van der Waals surface area contributed by atoms with E-state index < -0.39 is 0 Å². The molecule has 0 N–H and O–H groups in total. The van der Waals surface area contributed by atoms with Crippen molar-refractivity contribution in [1.82, 2.24) is 4.90 Å². The van der Waals surface area contributed by atoms with Gasteiger partial charge in [-0.25, -0.2) is 0 Å². The van der Waals surface area contributed by atoms with Crippen LogP contribution in [0, 0.1) is 5.41 Å². The van der Waals surface area contributed by atoms with E-state index >= 15 is 0 Å². The van der Waals surface area contributed by atoms with E-state index in [-0.39, 0.29) is 11.3 Å². The average molecular weight is 470 g/mol. The van der Waals surface area contributed by atoms with Crippen molar-refractivity contribution in [1.29, 1.82) is 0 Å². The van der Waals surface area contributed by atoms with Gasteiger partial charge < -0.3 is 14.4 Å². The largest absolute Gasteiger partial charge is 0.490 e. The minimum Gasteiger partial charge on any atom is -0.490 e. The Morgan fingerprint density at radius 1 is 1.00 bits per heavy atom. The molecule has 0 fully saturated rings. The molecule has 1 atom stereocenters. The second-order valence-corrected chi connectivity index (χ2v) is 11.6. The first kappa shape index (κ1) is 22.5. The molecule has 0 aromatic heterocycles. The lowest BCUT2D eigenvalue weighted by atomic mass is 9.69. The normalized spacial score (nSPS) is 22.8. The summed E-state index contributed by atoms with van der Waals surface area (Å²) in [7, 11) is 0. The van der Waals surface area contributed by atoms with Gasteiger partial charge >= 0.3 is 0 Å². The van der Waals surface area contributed by atoms with Crippen LogP contribution in [0.4, 0.5) is 0 Å². The fraction of sp³-hybridized carbons (Fsp3) is 0.452. The molecule has 0 unspecified atom stereocenters. The zero-order valence-corrected chi connectivity index (χ0v) is 21.3. The standard InChI is InChI=1S/C31H35NO3/c1-19(2)20-6-8-21(9-7-20)24-15-25-23-16-29-28(34-12-5-13-35-29)14-22(23)10-11-32(25)26-17-31(3,4)18-27(33)30(24)26/h6-9,14-16,19,24H,5,10-13,17-18H2,1-4H3/t24-/m0/s1. The van der Waals surface area contributed by atoms with Gasteiger partial charge in [0.25, 0.3) is 0 Å². The van der Waals surface area contributed by atoms with E-state index in [2.05, 4.69) is 75.1 Å². The molecule has 4 aliphatic rings. The predicted molar refractivity (Wildman–Crippen MR) is 139 cm³/mol. The van der Waals surface area contributed by atoms with E-state index in [1.54, 1.807) is 0 Å². The first-order valence-electron chi connectivity index (χ1n) is 13.1. The molecule has 2 aromatic rings. The smallest absolute Gasteiger partial charge is 0.162 e. The first-order valence-corrected chi connectivity index (χ1v) is 13.1. The molecule has 0 spiro atoms. The number of ketones is 1. The third-order valence-corrected chi connectivity index (χ3v) is 7.96. The van der Waals surface area contributed by atoms with Crippen LogP contribution in [0.1, 0.15) is 81.0 Å². The number of hydrogen-bond acceptors (Lipinski definition) is 4. The summed E-state index contributed by atoms with van der Waals surface area (Å²) in [6, 6.07) is 13.3. The van der Waals surface area contributed by atoms with Gasteiger partial charge in [0, 0.05) is 47.8 Å². The Labute approximate surface area is 208 Å². The van der Waals surface area contributed by atoms with Crippen LogP contribution in [0.25, 0.3) is 5.70 Å². The Hall–Kier alpha value is -3.01. The summed E-state index contributed by atoms with van der Waals surface area (Å²) in [6.45, 7) is 11.1. The van der Waals surface area contributed by atoms with E-state index in [0.29, 0.717) is 31.3 Å². The maximum Gasteiger partial charge on any atom is 0.162 e. The number of carbonyl (C=O) groups excluding carboxylic acids is 1. The number of fused-ring (bicyclic) bond motifs is 5. The lowest BCUT2D eigenvalue weighted by molar-refractivity contribution is -0.118. The Balaban J connectivity index is 1.50. The van der Waals surface area contributed by atoms with Crippen molar-refractivity contribution in [3.05, 3.63) is 76.0 Å². The third kappa shape index (κ3) is 3.87. The summed E-state index contributed by atoms with van der Waals surface area (Å²) in [5.41, 5.74) is 8.44. The number of allylic oxidation sites excluding steroid dienone is 3. The van der Waals surface area contributed by atoms with E-state index in [9.17, 15) is 4.79 Å². The predicted octanol–water partition coefficient (Wildman–Crippen LogP) is 6.61. The number of hydrogen-bond donors (Lipinski definition) is 0.